The molecule has 3 nitrogen and oxygen atoms in total. The molecule has 2 rings (SSSR count). The van der Waals surface area contributed by atoms with Gasteiger partial charge < -0.3 is 9.62 Å². The Hall–Kier alpha value is -2.00. The highest BCUT2D eigenvalue weighted by molar-refractivity contribution is 5.53. The van der Waals surface area contributed by atoms with Crippen molar-refractivity contribution in [2.75, 3.05) is 0 Å². The number of ether oxygens (including phenoxy) is 1. The van der Waals surface area contributed by atoms with E-state index in [1.165, 1.54) is 22.3 Å². The molecule has 1 heterocycles. The summed E-state index contributed by atoms with van der Waals surface area (Å²) in [4.78, 5) is 4.54. The Bertz CT molecular complexity index is 840. The maximum atomic E-state index is 9.11. The third-order valence-electron chi connectivity index (χ3n) is 6.44. The van der Waals surface area contributed by atoms with Gasteiger partial charge in [-0.1, -0.05) is 34.9 Å². The third-order valence-corrected chi connectivity index (χ3v) is 6.44. The summed E-state index contributed by atoms with van der Waals surface area (Å²) in [7, 11) is 0. The molecular weight excluding hydrogens is 384 g/mol. The normalized spacial score (nSPS) is 19.0. The second-order valence-corrected chi connectivity index (χ2v) is 9.77. The molecule has 1 unspecified atom stereocenters. The molecular formula is C28H42O3. The van der Waals surface area contributed by atoms with Gasteiger partial charge in [-0.2, -0.15) is 0 Å². The molecule has 0 aliphatic carbocycles. The maximum absolute atomic E-state index is 9.11. The number of benzene rings is 1. The van der Waals surface area contributed by atoms with Crippen LogP contribution in [-0.2, 0) is 6.42 Å². The number of allylic oxidation sites excluding steroid dienone is 6. The summed E-state index contributed by atoms with van der Waals surface area (Å²) in [5.41, 5.74) is 7.38. The first-order valence-electron chi connectivity index (χ1n) is 11.7. The molecule has 1 atom stereocenters. The molecule has 3 heteroatoms. The lowest BCUT2D eigenvalue weighted by Crippen LogP contribution is -2.36. The zero-order chi connectivity index (χ0) is 23.0. The van der Waals surface area contributed by atoms with Gasteiger partial charge in [-0.25, -0.2) is 5.26 Å². The Kier molecular flexibility index (Phi) is 9.43. The summed E-state index contributed by atoms with van der Waals surface area (Å²) in [5, 5.41) is 9.11. The molecule has 31 heavy (non-hydrogen) atoms. The van der Waals surface area contributed by atoms with Crippen LogP contribution in [0.4, 0.5) is 0 Å². The van der Waals surface area contributed by atoms with Crippen LogP contribution < -0.4 is 9.62 Å². The fourth-order valence-corrected chi connectivity index (χ4v) is 4.29. The minimum atomic E-state index is -0.149. The molecule has 0 radical (unpaired) electrons. The Morgan fingerprint density at radius 2 is 1.65 bits per heavy atom. The quantitative estimate of drug-likeness (QED) is 0.232. The molecule has 1 aliphatic heterocycles. The lowest BCUT2D eigenvalue weighted by Gasteiger charge is -2.37. The molecule has 0 aromatic heterocycles. The maximum Gasteiger partial charge on any atom is 0.168 e. The van der Waals surface area contributed by atoms with Crippen molar-refractivity contribution in [1.29, 1.82) is 0 Å². The van der Waals surface area contributed by atoms with Crippen molar-refractivity contribution in [2.45, 2.75) is 105 Å². The van der Waals surface area contributed by atoms with E-state index in [9.17, 15) is 0 Å². The van der Waals surface area contributed by atoms with E-state index in [2.05, 4.69) is 57.7 Å². The predicted octanol–water partition coefficient (Wildman–Crippen LogP) is 8.44. The molecule has 0 fully saturated rings. The monoisotopic (exact) mass is 426 g/mol. The van der Waals surface area contributed by atoms with Gasteiger partial charge in [0.1, 0.15) is 11.4 Å². The van der Waals surface area contributed by atoms with E-state index in [-0.39, 0.29) is 5.60 Å². The van der Waals surface area contributed by atoms with E-state index in [1.807, 2.05) is 19.9 Å². The number of fused-ring (bicyclic) bond motifs is 1. The first-order chi connectivity index (χ1) is 14.6. The summed E-state index contributed by atoms with van der Waals surface area (Å²) in [5.74, 6) is 1.50. The Labute approximate surface area is 189 Å². The van der Waals surface area contributed by atoms with Crippen molar-refractivity contribution in [1.82, 2.24) is 0 Å². The fraction of sp³-hybridized carbons (Fsp3) is 0.571. The van der Waals surface area contributed by atoms with Gasteiger partial charge in [0.15, 0.2) is 5.75 Å². The highest BCUT2D eigenvalue weighted by atomic mass is 17.1. The summed E-state index contributed by atoms with van der Waals surface area (Å²) in [6.45, 7) is 15.0. The van der Waals surface area contributed by atoms with Crippen molar-refractivity contribution in [3.05, 3.63) is 57.7 Å². The van der Waals surface area contributed by atoms with Crippen molar-refractivity contribution in [3.8, 4) is 11.5 Å². The van der Waals surface area contributed by atoms with Gasteiger partial charge in [-0.3, -0.25) is 0 Å². The second kappa shape index (κ2) is 11.6. The van der Waals surface area contributed by atoms with Crippen LogP contribution in [0.25, 0.3) is 0 Å². The molecule has 1 aliphatic rings. The second-order valence-electron chi connectivity index (χ2n) is 9.77. The van der Waals surface area contributed by atoms with Crippen LogP contribution in [0.5, 0.6) is 11.5 Å². The van der Waals surface area contributed by atoms with E-state index in [4.69, 9.17) is 9.99 Å². The number of hydrogen-bond acceptors (Lipinski definition) is 3. The van der Waals surface area contributed by atoms with Crippen LogP contribution in [0.1, 0.15) is 96.3 Å². The number of hydrogen-bond donors (Lipinski definition) is 1. The van der Waals surface area contributed by atoms with E-state index in [0.717, 1.165) is 68.2 Å². The van der Waals surface area contributed by atoms with Gasteiger partial charge in [-0.05, 0) is 111 Å². The summed E-state index contributed by atoms with van der Waals surface area (Å²) >= 11 is 0. The first kappa shape index (κ1) is 25.3. The summed E-state index contributed by atoms with van der Waals surface area (Å²) in [6.07, 6.45) is 15.6. The van der Waals surface area contributed by atoms with E-state index in [0.29, 0.717) is 5.75 Å². The molecule has 1 aromatic carbocycles. The van der Waals surface area contributed by atoms with Crippen molar-refractivity contribution in [2.24, 2.45) is 0 Å². The molecule has 0 amide bonds. The van der Waals surface area contributed by atoms with Crippen LogP contribution >= 0.6 is 0 Å². The minimum absolute atomic E-state index is 0.149. The Morgan fingerprint density at radius 1 is 1.03 bits per heavy atom. The molecule has 0 saturated heterocycles. The third kappa shape index (κ3) is 7.57. The van der Waals surface area contributed by atoms with Crippen molar-refractivity contribution >= 4 is 0 Å². The largest absolute Gasteiger partial charge is 0.487 e. The average molecular weight is 427 g/mol. The summed E-state index contributed by atoms with van der Waals surface area (Å²) in [6, 6.07) is 1.86. The van der Waals surface area contributed by atoms with Gasteiger partial charge in [0, 0.05) is 11.1 Å². The fourth-order valence-electron chi connectivity index (χ4n) is 4.29. The van der Waals surface area contributed by atoms with Crippen molar-refractivity contribution < 1.29 is 14.9 Å². The van der Waals surface area contributed by atoms with Crippen molar-refractivity contribution in [3.63, 3.8) is 0 Å². The molecule has 172 valence electrons. The topological polar surface area (TPSA) is 38.7 Å². The lowest BCUT2D eigenvalue weighted by atomic mass is 9.86. The Balaban J connectivity index is 1.86. The number of aryl methyl sites for hydroxylation is 1. The molecule has 0 spiro atoms. The lowest BCUT2D eigenvalue weighted by molar-refractivity contribution is -0.138. The molecule has 0 saturated carbocycles. The average Bonchev–Trinajstić information content (AvgIpc) is 2.70. The Morgan fingerprint density at radius 3 is 2.26 bits per heavy atom. The van der Waals surface area contributed by atoms with Gasteiger partial charge in [0.25, 0.3) is 0 Å². The van der Waals surface area contributed by atoms with Crippen LogP contribution in [0.15, 0.2) is 41.0 Å². The smallest absolute Gasteiger partial charge is 0.168 e. The van der Waals surface area contributed by atoms with E-state index in [1.54, 1.807) is 0 Å². The van der Waals surface area contributed by atoms with E-state index < -0.39 is 0 Å². The van der Waals surface area contributed by atoms with Gasteiger partial charge in [0.05, 0.1) is 0 Å². The predicted molar refractivity (Wildman–Crippen MR) is 131 cm³/mol. The van der Waals surface area contributed by atoms with E-state index >= 15 is 0 Å². The van der Waals surface area contributed by atoms with Crippen LogP contribution in [-0.4, -0.2) is 10.9 Å². The molecule has 1 aromatic rings. The molecule has 1 N–H and O–H groups in total. The van der Waals surface area contributed by atoms with Crippen LogP contribution in [0.2, 0.25) is 0 Å². The zero-order valence-corrected chi connectivity index (χ0v) is 20.7. The highest BCUT2D eigenvalue weighted by Crippen LogP contribution is 2.42. The van der Waals surface area contributed by atoms with Crippen LogP contribution in [0.3, 0.4) is 0 Å². The van der Waals surface area contributed by atoms with Gasteiger partial charge in [-0.15, -0.1) is 0 Å². The standard InChI is InChI=1S/C28H42O3/c1-20(2)11-8-12-21(3)13-9-14-22(4)15-10-17-28(7)18-16-25-24(6)26(31-29)19-23(5)27(25)30-28/h11,13,15,19,29H,8-10,12,14,16-18H2,1-7H3/b21-13+,22-15+. The SMILES string of the molecule is CC(C)=CCC/C(C)=C/CC/C(C)=C/CCC1(C)CCc2c(C)c(OO)cc(C)c2O1. The first-order valence-corrected chi connectivity index (χ1v) is 11.7. The minimum Gasteiger partial charge on any atom is -0.487 e. The van der Waals surface area contributed by atoms with Gasteiger partial charge in [0.2, 0.25) is 0 Å². The number of rotatable bonds is 10. The van der Waals surface area contributed by atoms with Crippen LogP contribution in [0, 0.1) is 13.8 Å². The summed E-state index contributed by atoms with van der Waals surface area (Å²) < 4.78 is 6.50. The van der Waals surface area contributed by atoms with Gasteiger partial charge >= 0.3 is 0 Å². The molecule has 0 bridgehead atoms. The zero-order valence-electron chi connectivity index (χ0n) is 20.7. The highest BCUT2D eigenvalue weighted by Gasteiger charge is 2.33.